The zero-order valence-corrected chi connectivity index (χ0v) is 13.3. The van der Waals surface area contributed by atoms with Crippen molar-refractivity contribution in [3.8, 4) is 0 Å². The van der Waals surface area contributed by atoms with Crippen LogP contribution in [0, 0.1) is 13.8 Å². The smallest absolute Gasteiger partial charge is 0.251 e. The Balaban J connectivity index is 2.06. The van der Waals surface area contributed by atoms with E-state index >= 15 is 0 Å². The van der Waals surface area contributed by atoms with Gasteiger partial charge >= 0.3 is 0 Å². The predicted octanol–water partition coefficient (Wildman–Crippen LogP) is 1.94. The van der Waals surface area contributed by atoms with Crippen LogP contribution in [0.1, 0.15) is 26.4 Å². The number of thiophene rings is 1. The highest BCUT2D eigenvalue weighted by Crippen LogP contribution is 2.20. The monoisotopic (exact) mass is 324 g/mol. The topological polar surface area (TPSA) is 89.3 Å². The van der Waals surface area contributed by atoms with Crippen LogP contribution in [0.3, 0.4) is 0 Å². The number of hydrogen-bond donors (Lipinski definition) is 2. The number of primary sulfonamides is 1. The first kappa shape index (κ1) is 15.7. The molecule has 3 N–H and O–H groups in total. The van der Waals surface area contributed by atoms with Gasteiger partial charge in [0.1, 0.15) is 4.21 Å². The molecule has 2 rings (SSSR count). The van der Waals surface area contributed by atoms with Gasteiger partial charge in [0.2, 0.25) is 10.0 Å². The second-order valence-electron chi connectivity index (χ2n) is 4.82. The van der Waals surface area contributed by atoms with Gasteiger partial charge in [0.25, 0.3) is 5.91 Å². The quantitative estimate of drug-likeness (QED) is 0.900. The average Bonchev–Trinajstić information content (AvgIpc) is 2.83. The van der Waals surface area contributed by atoms with E-state index in [1.807, 2.05) is 32.0 Å². The molecule has 1 amide bonds. The van der Waals surface area contributed by atoms with Gasteiger partial charge in [-0.3, -0.25) is 4.79 Å². The third-order valence-corrected chi connectivity index (χ3v) is 5.35. The maximum absolute atomic E-state index is 12.1. The van der Waals surface area contributed by atoms with Crippen molar-refractivity contribution in [2.75, 3.05) is 0 Å². The van der Waals surface area contributed by atoms with E-state index in [9.17, 15) is 13.2 Å². The lowest BCUT2D eigenvalue weighted by molar-refractivity contribution is 0.0951. The number of rotatable bonds is 4. The summed E-state index contributed by atoms with van der Waals surface area (Å²) in [4.78, 5) is 12.8. The molecule has 2 aromatic rings. The van der Waals surface area contributed by atoms with Crippen molar-refractivity contribution < 1.29 is 13.2 Å². The molecule has 112 valence electrons. The number of sulfonamides is 1. The number of carbonyl (C=O) groups is 1. The lowest BCUT2D eigenvalue weighted by Crippen LogP contribution is -2.22. The number of amides is 1. The maximum atomic E-state index is 12.1. The number of benzene rings is 1. The Morgan fingerprint density at radius 3 is 2.33 bits per heavy atom. The summed E-state index contributed by atoms with van der Waals surface area (Å²) in [6.45, 7) is 4.13. The molecule has 0 atom stereocenters. The van der Waals surface area contributed by atoms with Crippen LogP contribution in [0.5, 0.6) is 0 Å². The zero-order valence-electron chi connectivity index (χ0n) is 11.7. The third-order valence-electron chi connectivity index (χ3n) is 2.82. The first-order valence-electron chi connectivity index (χ1n) is 6.24. The normalized spacial score (nSPS) is 11.4. The third kappa shape index (κ3) is 4.13. The molecule has 0 aliphatic rings. The van der Waals surface area contributed by atoms with Gasteiger partial charge in [-0.05, 0) is 38.1 Å². The first-order valence-corrected chi connectivity index (χ1v) is 8.60. The Labute approximate surface area is 127 Å². The van der Waals surface area contributed by atoms with Crippen molar-refractivity contribution in [3.63, 3.8) is 0 Å². The summed E-state index contributed by atoms with van der Waals surface area (Å²) in [6.07, 6.45) is 0. The summed E-state index contributed by atoms with van der Waals surface area (Å²) < 4.78 is 22.5. The molecule has 0 saturated heterocycles. The summed E-state index contributed by atoms with van der Waals surface area (Å²) in [5.41, 5.74) is 2.64. The van der Waals surface area contributed by atoms with Gasteiger partial charge in [-0.25, -0.2) is 13.6 Å². The standard InChI is InChI=1S/C14H16N2O3S2/c1-9-5-10(2)7-11(6-9)14(17)16-8-12-3-4-13(20-12)21(15,18)19/h3-7H,8H2,1-2H3,(H,16,17)(H2,15,18,19). The maximum Gasteiger partial charge on any atom is 0.251 e. The largest absolute Gasteiger partial charge is 0.347 e. The molecule has 0 aliphatic heterocycles. The summed E-state index contributed by atoms with van der Waals surface area (Å²) in [6, 6.07) is 8.71. The van der Waals surface area contributed by atoms with E-state index in [4.69, 9.17) is 5.14 Å². The SMILES string of the molecule is Cc1cc(C)cc(C(=O)NCc2ccc(S(N)(=O)=O)s2)c1. The summed E-state index contributed by atoms with van der Waals surface area (Å²) in [5.74, 6) is -0.188. The fourth-order valence-corrected chi connectivity index (χ4v) is 3.70. The number of nitrogens with two attached hydrogens (primary N) is 1. The highest BCUT2D eigenvalue weighted by Gasteiger charge is 2.12. The molecule has 1 heterocycles. The Hall–Kier alpha value is -1.70. The van der Waals surface area contributed by atoms with E-state index in [0.717, 1.165) is 27.3 Å². The number of aryl methyl sites for hydroxylation is 2. The van der Waals surface area contributed by atoms with Crippen molar-refractivity contribution in [1.29, 1.82) is 0 Å². The molecule has 0 saturated carbocycles. The van der Waals surface area contributed by atoms with E-state index in [2.05, 4.69) is 5.32 Å². The fourth-order valence-electron chi connectivity index (χ4n) is 1.98. The molecule has 5 nitrogen and oxygen atoms in total. The van der Waals surface area contributed by atoms with Crippen LogP contribution >= 0.6 is 11.3 Å². The van der Waals surface area contributed by atoms with Gasteiger partial charge in [-0.2, -0.15) is 0 Å². The second kappa shape index (κ2) is 5.97. The van der Waals surface area contributed by atoms with Gasteiger partial charge in [-0.1, -0.05) is 17.2 Å². The van der Waals surface area contributed by atoms with Crippen LogP contribution in [0.15, 0.2) is 34.5 Å². The Morgan fingerprint density at radius 1 is 1.19 bits per heavy atom. The van der Waals surface area contributed by atoms with E-state index in [-0.39, 0.29) is 16.7 Å². The van der Waals surface area contributed by atoms with E-state index in [1.54, 1.807) is 6.07 Å². The number of hydrogen-bond acceptors (Lipinski definition) is 4. The van der Waals surface area contributed by atoms with Gasteiger partial charge in [-0.15, -0.1) is 11.3 Å². The molecule has 0 unspecified atom stereocenters. The Kier molecular flexibility index (Phi) is 4.46. The number of carbonyl (C=O) groups excluding carboxylic acids is 1. The molecule has 7 heteroatoms. The molecular weight excluding hydrogens is 308 g/mol. The molecule has 0 fully saturated rings. The summed E-state index contributed by atoms with van der Waals surface area (Å²) in [7, 11) is -3.68. The van der Waals surface area contributed by atoms with Gasteiger partial charge < -0.3 is 5.32 Å². The molecule has 21 heavy (non-hydrogen) atoms. The molecule has 0 radical (unpaired) electrons. The van der Waals surface area contributed by atoms with Crippen molar-refractivity contribution in [1.82, 2.24) is 5.32 Å². The van der Waals surface area contributed by atoms with Crippen LogP contribution < -0.4 is 10.5 Å². The zero-order chi connectivity index (χ0) is 15.6. The molecule has 0 spiro atoms. The van der Waals surface area contributed by atoms with Gasteiger partial charge in [0, 0.05) is 10.4 Å². The minimum atomic E-state index is -3.68. The molecule has 0 bridgehead atoms. The van der Waals surface area contributed by atoms with Crippen molar-refractivity contribution in [2.24, 2.45) is 5.14 Å². The van der Waals surface area contributed by atoms with Crippen LogP contribution in [0.2, 0.25) is 0 Å². The van der Waals surface area contributed by atoms with Crippen molar-refractivity contribution >= 4 is 27.3 Å². The van der Waals surface area contributed by atoms with E-state index in [1.165, 1.54) is 6.07 Å². The summed E-state index contributed by atoms with van der Waals surface area (Å²) in [5, 5.41) is 7.82. The van der Waals surface area contributed by atoms with Crippen LogP contribution in [0.4, 0.5) is 0 Å². The van der Waals surface area contributed by atoms with Crippen LogP contribution in [0.25, 0.3) is 0 Å². The van der Waals surface area contributed by atoms with Crippen molar-refractivity contribution in [2.45, 2.75) is 24.6 Å². The summed E-state index contributed by atoms with van der Waals surface area (Å²) >= 11 is 1.06. The lowest BCUT2D eigenvalue weighted by atomic mass is 10.1. The fraction of sp³-hybridized carbons (Fsp3) is 0.214. The molecule has 1 aromatic heterocycles. The minimum Gasteiger partial charge on any atom is -0.347 e. The van der Waals surface area contributed by atoms with Crippen LogP contribution in [-0.2, 0) is 16.6 Å². The molecule has 0 aliphatic carbocycles. The number of nitrogens with one attached hydrogen (secondary N) is 1. The minimum absolute atomic E-state index is 0.0955. The Bertz CT molecular complexity index is 759. The van der Waals surface area contributed by atoms with Gasteiger partial charge in [0.15, 0.2) is 0 Å². The van der Waals surface area contributed by atoms with Gasteiger partial charge in [0.05, 0.1) is 6.54 Å². The van der Waals surface area contributed by atoms with Crippen LogP contribution in [-0.4, -0.2) is 14.3 Å². The molecule has 1 aromatic carbocycles. The van der Waals surface area contributed by atoms with E-state index in [0.29, 0.717) is 5.56 Å². The second-order valence-corrected chi connectivity index (χ2v) is 7.78. The Morgan fingerprint density at radius 2 is 1.81 bits per heavy atom. The average molecular weight is 324 g/mol. The lowest BCUT2D eigenvalue weighted by Gasteiger charge is -2.06. The first-order chi connectivity index (χ1) is 9.75. The molecular formula is C14H16N2O3S2. The van der Waals surface area contributed by atoms with Crippen molar-refractivity contribution in [3.05, 3.63) is 51.9 Å². The van der Waals surface area contributed by atoms with E-state index < -0.39 is 10.0 Å². The highest BCUT2D eigenvalue weighted by atomic mass is 32.2. The predicted molar refractivity (Wildman–Crippen MR) is 82.8 cm³/mol. The highest BCUT2D eigenvalue weighted by molar-refractivity contribution is 7.91.